The third-order valence-electron chi connectivity index (χ3n) is 4.29. The van der Waals surface area contributed by atoms with Crippen LogP contribution >= 0.6 is 11.6 Å². The minimum Gasteiger partial charge on any atom is -0.444 e. The molecule has 2 unspecified atom stereocenters. The molecule has 0 aliphatic carbocycles. The molecule has 1 fully saturated rings. The molecule has 2 aromatic rings. The molecule has 1 saturated heterocycles. The maximum Gasteiger partial charge on any atom is 0.228 e. The smallest absolute Gasteiger partial charge is 0.228 e. The van der Waals surface area contributed by atoms with E-state index in [4.69, 9.17) is 21.8 Å². The predicted molar refractivity (Wildman–Crippen MR) is 89.0 cm³/mol. The number of carbonyl (C=O) groups is 1. The number of amides is 1. The summed E-state index contributed by atoms with van der Waals surface area (Å²) in [6.07, 6.45) is 2.76. The van der Waals surface area contributed by atoms with E-state index in [2.05, 4.69) is 11.9 Å². The Morgan fingerprint density at radius 3 is 2.83 bits per heavy atom. The van der Waals surface area contributed by atoms with E-state index >= 15 is 0 Å². The number of rotatable bonds is 4. The van der Waals surface area contributed by atoms with Crippen molar-refractivity contribution < 1.29 is 9.21 Å². The number of nitrogens with two attached hydrogens (primary N) is 1. The average molecular weight is 334 g/mol. The van der Waals surface area contributed by atoms with Gasteiger partial charge in [0.1, 0.15) is 6.26 Å². The Hall–Kier alpha value is -1.85. The van der Waals surface area contributed by atoms with E-state index in [-0.39, 0.29) is 18.4 Å². The number of nitrogens with zero attached hydrogens (tertiary/aromatic N) is 2. The fourth-order valence-corrected chi connectivity index (χ4v) is 3.16. The van der Waals surface area contributed by atoms with Gasteiger partial charge in [0.2, 0.25) is 11.8 Å². The Morgan fingerprint density at radius 1 is 1.43 bits per heavy atom. The lowest BCUT2D eigenvalue weighted by Gasteiger charge is -2.20. The van der Waals surface area contributed by atoms with Crippen molar-refractivity contribution >= 4 is 17.5 Å². The Bertz CT molecular complexity index is 683. The van der Waals surface area contributed by atoms with E-state index in [1.807, 2.05) is 17.0 Å². The molecule has 1 amide bonds. The molecule has 1 aromatic carbocycles. The lowest BCUT2D eigenvalue weighted by molar-refractivity contribution is -0.131. The van der Waals surface area contributed by atoms with Crippen molar-refractivity contribution in [1.82, 2.24) is 9.88 Å². The van der Waals surface area contributed by atoms with Gasteiger partial charge in [0.15, 0.2) is 0 Å². The van der Waals surface area contributed by atoms with E-state index in [9.17, 15) is 4.79 Å². The molecule has 0 saturated carbocycles. The minimum atomic E-state index is 0.0735. The number of likely N-dealkylation sites (tertiary alicyclic amines) is 1. The first-order valence-corrected chi connectivity index (χ1v) is 8.14. The molecule has 1 aliphatic heterocycles. The minimum absolute atomic E-state index is 0.0735. The van der Waals surface area contributed by atoms with E-state index in [0.717, 1.165) is 18.5 Å². The van der Waals surface area contributed by atoms with Crippen LogP contribution in [0.1, 0.15) is 19.0 Å². The third kappa shape index (κ3) is 3.57. The van der Waals surface area contributed by atoms with Gasteiger partial charge in [0.05, 0.1) is 12.1 Å². The molecule has 0 spiro atoms. The predicted octanol–water partition coefficient (Wildman–Crippen LogP) is 2.73. The number of halogens is 1. The normalized spacial score (nSPS) is 20.9. The second-order valence-electron chi connectivity index (χ2n) is 6.06. The number of benzene rings is 1. The third-order valence-corrected chi connectivity index (χ3v) is 4.54. The standard InChI is InChI=1S/C17H20ClN3O2/c1-11-6-12(8-19)9-21(11)16(22)7-15-10-23-17(20-15)13-2-4-14(18)5-3-13/h2-5,10-12H,6-9,19H2,1H3. The fraction of sp³-hybridized carbons (Fsp3) is 0.412. The van der Waals surface area contributed by atoms with Crippen LogP contribution in [0.25, 0.3) is 11.5 Å². The summed E-state index contributed by atoms with van der Waals surface area (Å²) >= 11 is 5.87. The molecular formula is C17H20ClN3O2. The zero-order chi connectivity index (χ0) is 16.4. The van der Waals surface area contributed by atoms with Gasteiger partial charge in [-0.05, 0) is 50.1 Å². The topological polar surface area (TPSA) is 72.4 Å². The zero-order valence-corrected chi connectivity index (χ0v) is 13.8. The summed E-state index contributed by atoms with van der Waals surface area (Å²) in [5.41, 5.74) is 7.20. The summed E-state index contributed by atoms with van der Waals surface area (Å²) < 4.78 is 5.48. The summed E-state index contributed by atoms with van der Waals surface area (Å²) in [5.74, 6) is 0.971. The molecule has 1 aliphatic rings. The molecule has 2 heterocycles. The van der Waals surface area contributed by atoms with Crippen molar-refractivity contribution in [1.29, 1.82) is 0 Å². The van der Waals surface area contributed by atoms with E-state index in [1.165, 1.54) is 0 Å². The molecule has 122 valence electrons. The molecule has 3 rings (SSSR count). The van der Waals surface area contributed by atoms with Crippen LogP contribution in [0.5, 0.6) is 0 Å². The molecule has 1 aromatic heterocycles. The van der Waals surface area contributed by atoms with E-state index in [1.54, 1.807) is 18.4 Å². The highest BCUT2D eigenvalue weighted by molar-refractivity contribution is 6.30. The van der Waals surface area contributed by atoms with Crippen molar-refractivity contribution in [2.24, 2.45) is 11.7 Å². The molecule has 23 heavy (non-hydrogen) atoms. The van der Waals surface area contributed by atoms with Crippen LogP contribution < -0.4 is 5.73 Å². The quantitative estimate of drug-likeness (QED) is 0.933. The summed E-state index contributed by atoms with van der Waals surface area (Å²) in [6.45, 7) is 3.42. The van der Waals surface area contributed by atoms with Gasteiger partial charge in [0.25, 0.3) is 0 Å². The Kier molecular flexibility index (Phi) is 4.68. The highest BCUT2D eigenvalue weighted by atomic mass is 35.5. The van der Waals surface area contributed by atoms with Gasteiger partial charge in [-0.1, -0.05) is 11.6 Å². The van der Waals surface area contributed by atoms with E-state index in [0.29, 0.717) is 29.1 Å². The molecule has 2 N–H and O–H groups in total. The molecule has 6 heteroatoms. The molecular weight excluding hydrogens is 314 g/mol. The lowest BCUT2D eigenvalue weighted by Crippen LogP contribution is -2.35. The van der Waals surface area contributed by atoms with Crippen molar-refractivity contribution in [2.45, 2.75) is 25.8 Å². The van der Waals surface area contributed by atoms with Crippen LogP contribution in [-0.4, -0.2) is 34.9 Å². The summed E-state index contributed by atoms with van der Waals surface area (Å²) in [4.78, 5) is 18.8. The summed E-state index contributed by atoms with van der Waals surface area (Å²) in [7, 11) is 0. The van der Waals surface area contributed by atoms with Crippen LogP contribution in [0.2, 0.25) is 5.02 Å². The highest BCUT2D eigenvalue weighted by Gasteiger charge is 2.31. The Morgan fingerprint density at radius 2 is 2.17 bits per heavy atom. The van der Waals surface area contributed by atoms with Crippen LogP contribution in [-0.2, 0) is 11.2 Å². The van der Waals surface area contributed by atoms with Crippen molar-refractivity contribution in [2.75, 3.05) is 13.1 Å². The van der Waals surface area contributed by atoms with Crippen molar-refractivity contribution in [3.63, 3.8) is 0 Å². The van der Waals surface area contributed by atoms with Crippen molar-refractivity contribution in [3.05, 3.63) is 41.2 Å². The first-order valence-electron chi connectivity index (χ1n) is 7.76. The average Bonchev–Trinajstić information content (AvgIpc) is 3.14. The van der Waals surface area contributed by atoms with E-state index < -0.39 is 0 Å². The van der Waals surface area contributed by atoms with Gasteiger partial charge < -0.3 is 15.1 Å². The first kappa shape index (κ1) is 16.0. The lowest BCUT2D eigenvalue weighted by atomic mass is 10.1. The molecule has 5 nitrogen and oxygen atoms in total. The second kappa shape index (κ2) is 6.72. The van der Waals surface area contributed by atoms with Gasteiger partial charge in [-0.15, -0.1) is 0 Å². The fourth-order valence-electron chi connectivity index (χ4n) is 3.03. The van der Waals surface area contributed by atoms with Gasteiger partial charge in [0, 0.05) is 23.2 Å². The Balaban J connectivity index is 1.67. The van der Waals surface area contributed by atoms with Crippen LogP contribution in [0.3, 0.4) is 0 Å². The summed E-state index contributed by atoms with van der Waals surface area (Å²) in [6, 6.07) is 7.48. The number of hydrogen-bond donors (Lipinski definition) is 1. The van der Waals surface area contributed by atoms with Crippen LogP contribution in [0.4, 0.5) is 0 Å². The maximum absolute atomic E-state index is 12.5. The largest absolute Gasteiger partial charge is 0.444 e. The molecule has 2 atom stereocenters. The molecule has 0 radical (unpaired) electrons. The Labute approximate surface area is 140 Å². The SMILES string of the molecule is CC1CC(CN)CN1C(=O)Cc1coc(-c2ccc(Cl)cc2)n1. The van der Waals surface area contributed by atoms with Gasteiger partial charge in [-0.25, -0.2) is 4.98 Å². The summed E-state index contributed by atoms with van der Waals surface area (Å²) in [5, 5.41) is 0.660. The maximum atomic E-state index is 12.5. The number of carbonyl (C=O) groups excluding carboxylic acids is 1. The number of aromatic nitrogens is 1. The van der Waals surface area contributed by atoms with Crippen LogP contribution in [0.15, 0.2) is 34.9 Å². The van der Waals surface area contributed by atoms with Gasteiger partial charge >= 0.3 is 0 Å². The first-order chi connectivity index (χ1) is 11.1. The molecule has 0 bridgehead atoms. The zero-order valence-electron chi connectivity index (χ0n) is 13.0. The second-order valence-corrected chi connectivity index (χ2v) is 6.50. The van der Waals surface area contributed by atoms with Crippen LogP contribution in [0, 0.1) is 5.92 Å². The number of hydrogen-bond acceptors (Lipinski definition) is 4. The van der Waals surface area contributed by atoms with Gasteiger partial charge in [-0.2, -0.15) is 0 Å². The monoisotopic (exact) mass is 333 g/mol. The highest BCUT2D eigenvalue weighted by Crippen LogP contribution is 2.24. The van der Waals surface area contributed by atoms with Crippen molar-refractivity contribution in [3.8, 4) is 11.5 Å². The van der Waals surface area contributed by atoms with Gasteiger partial charge in [-0.3, -0.25) is 4.79 Å². The number of oxazole rings is 1.